The highest BCUT2D eigenvalue weighted by atomic mass is 16.6. The number of esters is 3. The summed E-state index contributed by atoms with van der Waals surface area (Å²) in [4.78, 5) is 57.8. The number of hydrogen-bond acceptors (Lipinski definition) is 10. The maximum atomic E-state index is 12.5. The number of carboxylic acids is 2. The van der Waals surface area contributed by atoms with E-state index in [1.807, 2.05) is 6.92 Å². The van der Waals surface area contributed by atoms with E-state index in [2.05, 4.69) is 4.74 Å². The summed E-state index contributed by atoms with van der Waals surface area (Å²) in [7, 11) is 1.34. The molecule has 0 saturated carbocycles. The molecule has 250 valence electrons. The van der Waals surface area contributed by atoms with Crippen molar-refractivity contribution in [2.45, 2.75) is 160 Å². The SMILES string of the molecule is CCCCCCC(OC(=O)CCCCC(=O)O)C(O)C(O)C(CCCCCCCC(=O)OC)OC(=O)CCCCC(=O)O. The van der Waals surface area contributed by atoms with Gasteiger partial charge in [-0.05, 0) is 57.8 Å². The first-order chi connectivity index (χ1) is 20.5. The molecular formula is C31H54O12. The molecule has 0 spiro atoms. The van der Waals surface area contributed by atoms with Crippen LogP contribution in [0.2, 0.25) is 0 Å². The van der Waals surface area contributed by atoms with Crippen LogP contribution in [-0.2, 0) is 38.2 Å². The molecule has 0 fully saturated rings. The maximum Gasteiger partial charge on any atom is 0.306 e. The van der Waals surface area contributed by atoms with E-state index in [-0.39, 0.29) is 38.1 Å². The molecule has 0 radical (unpaired) electrons. The molecule has 43 heavy (non-hydrogen) atoms. The quantitative estimate of drug-likeness (QED) is 0.0537. The number of methoxy groups -OCH3 is 1. The summed E-state index contributed by atoms with van der Waals surface area (Å²) in [6.07, 6.45) is 3.80. The molecule has 0 aliphatic carbocycles. The van der Waals surface area contributed by atoms with E-state index in [0.717, 1.165) is 38.5 Å². The van der Waals surface area contributed by atoms with Crippen LogP contribution in [0.25, 0.3) is 0 Å². The Labute approximate surface area is 255 Å². The molecule has 0 aromatic rings. The molecule has 0 aliphatic rings. The Balaban J connectivity index is 5.31. The van der Waals surface area contributed by atoms with Gasteiger partial charge in [-0.1, -0.05) is 45.4 Å². The summed E-state index contributed by atoms with van der Waals surface area (Å²) in [5.74, 6) is -3.40. The molecule has 0 aromatic heterocycles. The predicted molar refractivity (Wildman–Crippen MR) is 157 cm³/mol. The summed E-state index contributed by atoms with van der Waals surface area (Å²) in [5, 5.41) is 39.9. The third-order valence-corrected chi connectivity index (χ3v) is 7.16. The first kappa shape index (κ1) is 40.3. The van der Waals surface area contributed by atoms with Crippen LogP contribution in [0, 0.1) is 0 Å². The largest absolute Gasteiger partial charge is 0.481 e. The van der Waals surface area contributed by atoms with Crippen molar-refractivity contribution < 1.29 is 58.6 Å². The van der Waals surface area contributed by atoms with Gasteiger partial charge in [-0.3, -0.25) is 24.0 Å². The minimum atomic E-state index is -1.53. The van der Waals surface area contributed by atoms with E-state index in [9.17, 15) is 34.2 Å². The van der Waals surface area contributed by atoms with Gasteiger partial charge in [-0.25, -0.2) is 0 Å². The Morgan fingerprint density at radius 3 is 1.28 bits per heavy atom. The third-order valence-electron chi connectivity index (χ3n) is 7.16. The van der Waals surface area contributed by atoms with Crippen molar-refractivity contribution in [2.75, 3.05) is 7.11 Å². The van der Waals surface area contributed by atoms with Gasteiger partial charge in [0.15, 0.2) is 0 Å². The standard InChI is InChI=1S/C31H54O12/c1-3-4-5-9-16-23(42-28(37)21-14-12-18-25(32)33)30(39)31(40)24(43-29(38)22-15-13-19-26(34)35)17-10-7-6-8-11-20-27(36)41-2/h23-24,30-31,39-40H,3-22H2,1-2H3,(H,32,33)(H,34,35). The summed E-state index contributed by atoms with van der Waals surface area (Å²) >= 11 is 0. The van der Waals surface area contributed by atoms with Gasteiger partial charge in [0.05, 0.1) is 7.11 Å². The van der Waals surface area contributed by atoms with Crippen LogP contribution < -0.4 is 0 Å². The number of carbonyl (C=O) groups is 5. The lowest BCUT2D eigenvalue weighted by Gasteiger charge is -2.31. The molecular weight excluding hydrogens is 564 g/mol. The molecule has 4 atom stereocenters. The van der Waals surface area contributed by atoms with Gasteiger partial charge in [0.1, 0.15) is 24.4 Å². The van der Waals surface area contributed by atoms with Gasteiger partial charge in [-0.2, -0.15) is 0 Å². The minimum Gasteiger partial charge on any atom is -0.481 e. The highest BCUT2D eigenvalue weighted by molar-refractivity contribution is 5.71. The lowest BCUT2D eigenvalue weighted by atomic mass is 9.95. The van der Waals surface area contributed by atoms with E-state index in [1.165, 1.54) is 7.11 Å². The molecule has 12 nitrogen and oxygen atoms in total. The smallest absolute Gasteiger partial charge is 0.306 e. The number of unbranched alkanes of at least 4 members (excludes halogenated alkanes) is 9. The molecule has 12 heteroatoms. The van der Waals surface area contributed by atoms with Crippen LogP contribution in [0.5, 0.6) is 0 Å². The zero-order valence-corrected chi connectivity index (χ0v) is 26.0. The molecule has 0 amide bonds. The van der Waals surface area contributed by atoms with Crippen LogP contribution in [0.15, 0.2) is 0 Å². The Hall–Kier alpha value is -2.73. The van der Waals surface area contributed by atoms with Crippen molar-refractivity contribution in [3.63, 3.8) is 0 Å². The van der Waals surface area contributed by atoms with Crippen molar-refractivity contribution in [3.05, 3.63) is 0 Å². The second-order valence-electron chi connectivity index (χ2n) is 11.0. The maximum absolute atomic E-state index is 12.5. The zero-order valence-electron chi connectivity index (χ0n) is 26.0. The number of aliphatic hydroxyl groups is 2. The summed E-state index contributed by atoms with van der Waals surface area (Å²) in [5.41, 5.74) is 0. The van der Waals surface area contributed by atoms with Crippen molar-refractivity contribution in [1.29, 1.82) is 0 Å². The number of rotatable bonds is 28. The average Bonchev–Trinajstić information content (AvgIpc) is 2.96. The fourth-order valence-electron chi connectivity index (χ4n) is 4.60. The first-order valence-corrected chi connectivity index (χ1v) is 15.8. The van der Waals surface area contributed by atoms with Crippen LogP contribution in [-0.4, -0.2) is 81.8 Å². The first-order valence-electron chi connectivity index (χ1n) is 15.8. The summed E-state index contributed by atoms with van der Waals surface area (Å²) in [6.45, 7) is 2.05. The van der Waals surface area contributed by atoms with E-state index in [1.54, 1.807) is 0 Å². The summed E-state index contributed by atoms with van der Waals surface area (Å²) in [6, 6.07) is 0. The van der Waals surface area contributed by atoms with Gasteiger partial charge < -0.3 is 34.6 Å². The lowest BCUT2D eigenvalue weighted by molar-refractivity contribution is -0.176. The molecule has 4 unspecified atom stereocenters. The van der Waals surface area contributed by atoms with E-state index in [0.29, 0.717) is 57.8 Å². The van der Waals surface area contributed by atoms with Gasteiger partial charge in [0.2, 0.25) is 0 Å². The predicted octanol–water partition coefficient (Wildman–Crippen LogP) is 4.70. The van der Waals surface area contributed by atoms with Gasteiger partial charge in [0, 0.05) is 32.1 Å². The van der Waals surface area contributed by atoms with Crippen molar-refractivity contribution in [2.24, 2.45) is 0 Å². The molecule has 0 bridgehead atoms. The monoisotopic (exact) mass is 618 g/mol. The molecule has 0 aliphatic heterocycles. The molecule has 0 saturated heterocycles. The van der Waals surface area contributed by atoms with Crippen molar-refractivity contribution in [3.8, 4) is 0 Å². The highest BCUT2D eigenvalue weighted by Crippen LogP contribution is 2.22. The number of ether oxygens (including phenoxy) is 3. The third kappa shape index (κ3) is 22.5. The van der Waals surface area contributed by atoms with Crippen LogP contribution in [0.1, 0.15) is 135 Å². The number of aliphatic carboxylic acids is 2. The molecule has 4 N–H and O–H groups in total. The second-order valence-corrected chi connectivity index (χ2v) is 11.0. The van der Waals surface area contributed by atoms with Crippen molar-refractivity contribution in [1.82, 2.24) is 0 Å². The fourth-order valence-corrected chi connectivity index (χ4v) is 4.60. The number of carbonyl (C=O) groups excluding carboxylic acids is 3. The minimum absolute atomic E-state index is 0.0215. The average molecular weight is 619 g/mol. The van der Waals surface area contributed by atoms with E-state index < -0.39 is 48.3 Å². The lowest BCUT2D eigenvalue weighted by Crippen LogP contribution is -2.47. The summed E-state index contributed by atoms with van der Waals surface area (Å²) < 4.78 is 15.7. The Bertz CT molecular complexity index is 800. The van der Waals surface area contributed by atoms with Crippen molar-refractivity contribution >= 4 is 29.8 Å². The zero-order chi connectivity index (χ0) is 32.5. The van der Waals surface area contributed by atoms with E-state index >= 15 is 0 Å². The van der Waals surface area contributed by atoms with Gasteiger partial charge >= 0.3 is 29.8 Å². The Morgan fingerprint density at radius 1 is 0.512 bits per heavy atom. The van der Waals surface area contributed by atoms with Crippen LogP contribution >= 0.6 is 0 Å². The van der Waals surface area contributed by atoms with Crippen LogP contribution in [0.3, 0.4) is 0 Å². The Kier molecular flexibility index (Phi) is 24.1. The highest BCUT2D eigenvalue weighted by Gasteiger charge is 2.36. The van der Waals surface area contributed by atoms with Gasteiger partial charge in [0.25, 0.3) is 0 Å². The Morgan fingerprint density at radius 2 is 0.860 bits per heavy atom. The second kappa shape index (κ2) is 25.7. The molecule has 0 heterocycles. The number of carboxylic acid groups (broad SMARTS) is 2. The molecule has 0 rings (SSSR count). The van der Waals surface area contributed by atoms with Gasteiger partial charge in [-0.15, -0.1) is 0 Å². The topological polar surface area (TPSA) is 194 Å². The fraction of sp³-hybridized carbons (Fsp3) is 0.839. The normalized spacial score (nSPS) is 13.9. The number of aliphatic hydroxyl groups excluding tert-OH is 2. The number of hydrogen-bond donors (Lipinski definition) is 4. The van der Waals surface area contributed by atoms with E-state index in [4.69, 9.17) is 19.7 Å². The molecule has 0 aromatic carbocycles. The van der Waals surface area contributed by atoms with Crippen LogP contribution in [0.4, 0.5) is 0 Å².